The summed E-state index contributed by atoms with van der Waals surface area (Å²) < 4.78 is 5.86. The number of nitrogens with zero attached hydrogens (tertiary/aromatic N) is 1. The highest BCUT2D eigenvalue weighted by molar-refractivity contribution is 5.83. The van der Waals surface area contributed by atoms with Crippen molar-refractivity contribution < 1.29 is 14.6 Å². The predicted molar refractivity (Wildman–Crippen MR) is 92.7 cm³/mol. The molecule has 126 valence electrons. The summed E-state index contributed by atoms with van der Waals surface area (Å²) in [6.45, 7) is 2.56. The average molecular weight is 325 g/mol. The van der Waals surface area contributed by atoms with Crippen molar-refractivity contribution in [2.24, 2.45) is 0 Å². The van der Waals surface area contributed by atoms with Gasteiger partial charge in [0.1, 0.15) is 5.75 Å². The van der Waals surface area contributed by atoms with Crippen LogP contribution in [-0.4, -0.2) is 34.7 Å². The normalized spacial score (nSPS) is 17.0. The second-order valence-corrected chi connectivity index (χ2v) is 6.23. The van der Waals surface area contributed by atoms with E-state index in [4.69, 9.17) is 4.74 Å². The van der Waals surface area contributed by atoms with E-state index in [0.717, 1.165) is 16.9 Å². The van der Waals surface area contributed by atoms with Gasteiger partial charge in [-0.2, -0.15) is 0 Å². The maximum atomic E-state index is 13.1. The number of aliphatic hydroxyl groups excluding tert-OH is 1. The van der Waals surface area contributed by atoms with Crippen LogP contribution in [0.2, 0.25) is 0 Å². The molecule has 4 heteroatoms. The molecule has 4 nitrogen and oxygen atoms in total. The second kappa shape index (κ2) is 7.49. The minimum Gasteiger partial charge on any atom is -0.480 e. The Labute approximate surface area is 142 Å². The van der Waals surface area contributed by atoms with E-state index in [0.29, 0.717) is 19.4 Å². The zero-order valence-electron chi connectivity index (χ0n) is 13.9. The topological polar surface area (TPSA) is 49.8 Å². The molecule has 1 aliphatic rings. The summed E-state index contributed by atoms with van der Waals surface area (Å²) in [5, 5.41) is 9.27. The number of hydrogen-bond acceptors (Lipinski definition) is 3. The van der Waals surface area contributed by atoms with E-state index in [1.807, 2.05) is 66.4 Å². The number of amides is 1. The molecule has 24 heavy (non-hydrogen) atoms. The number of carbonyl (C=O) groups is 1. The van der Waals surface area contributed by atoms with Crippen molar-refractivity contribution in [2.45, 2.75) is 38.5 Å². The SMILES string of the molecule is CC(CCO)N(Cc1ccccc1)C(=O)C1Cc2ccccc2O1. The molecule has 2 unspecified atom stereocenters. The van der Waals surface area contributed by atoms with Crippen LogP contribution >= 0.6 is 0 Å². The molecule has 3 rings (SSSR count). The van der Waals surface area contributed by atoms with Crippen molar-refractivity contribution in [3.05, 3.63) is 65.7 Å². The summed E-state index contributed by atoms with van der Waals surface area (Å²) in [5.41, 5.74) is 2.15. The predicted octanol–water partition coefficient (Wildman–Crippen LogP) is 2.79. The highest BCUT2D eigenvalue weighted by atomic mass is 16.5. The standard InChI is InChI=1S/C20H23NO3/c1-15(11-12-22)21(14-16-7-3-2-4-8-16)20(23)19-13-17-9-5-6-10-18(17)24-19/h2-10,15,19,22H,11-14H2,1H3. The van der Waals surface area contributed by atoms with E-state index in [1.54, 1.807) is 0 Å². The van der Waals surface area contributed by atoms with Gasteiger partial charge in [0.05, 0.1) is 0 Å². The molecule has 1 heterocycles. The number of ether oxygens (including phenoxy) is 1. The molecular weight excluding hydrogens is 302 g/mol. The number of hydrogen-bond donors (Lipinski definition) is 1. The van der Waals surface area contributed by atoms with Gasteiger partial charge in [0.15, 0.2) is 6.10 Å². The lowest BCUT2D eigenvalue weighted by Crippen LogP contribution is -2.45. The van der Waals surface area contributed by atoms with E-state index < -0.39 is 6.10 Å². The number of para-hydroxylation sites is 1. The lowest BCUT2D eigenvalue weighted by atomic mass is 10.1. The summed E-state index contributed by atoms with van der Waals surface area (Å²) in [5.74, 6) is 0.779. The largest absolute Gasteiger partial charge is 0.480 e. The first-order valence-corrected chi connectivity index (χ1v) is 8.39. The molecule has 0 aromatic heterocycles. The number of carbonyl (C=O) groups excluding carboxylic acids is 1. The van der Waals surface area contributed by atoms with Crippen LogP contribution in [0.15, 0.2) is 54.6 Å². The van der Waals surface area contributed by atoms with Crippen molar-refractivity contribution in [2.75, 3.05) is 6.61 Å². The van der Waals surface area contributed by atoms with Gasteiger partial charge in [-0.1, -0.05) is 48.5 Å². The summed E-state index contributed by atoms with van der Waals surface area (Å²) in [7, 11) is 0. The molecule has 1 amide bonds. The lowest BCUT2D eigenvalue weighted by Gasteiger charge is -2.31. The fourth-order valence-corrected chi connectivity index (χ4v) is 3.08. The number of rotatable bonds is 6. The van der Waals surface area contributed by atoms with Gasteiger partial charge < -0.3 is 14.7 Å². The summed E-state index contributed by atoms with van der Waals surface area (Å²) in [4.78, 5) is 14.9. The van der Waals surface area contributed by atoms with E-state index in [9.17, 15) is 9.90 Å². The van der Waals surface area contributed by atoms with Crippen molar-refractivity contribution in [3.8, 4) is 5.75 Å². The Hall–Kier alpha value is -2.33. The van der Waals surface area contributed by atoms with Gasteiger partial charge in [-0.3, -0.25) is 4.79 Å². The molecule has 0 fully saturated rings. The van der Waals surface area contributed by atoms with Gasteiger partial charge in [-0.05, 0) is 30.5 Å². The molecule has 0 aliphatic carbocycles. The minimum absolute atomic E-state index is 0.0176. The fraction of sp³-hybridized carbons (Fsp3) is 0.350. The third-order valence-electron chi connectivity index (χ3n) is 4.48. The van der Waals surface area contributed by atoms with Crippen LogP contribution < -0.4 is 4.74 Å². The maximum Gasteiger partial charge on any atom is 0.264 e. The molecule has 0 saturated carbocycles. The zero-order chi connectivity index (χ0) is 16.9. The van der Waals surface area contributed by atoms with Crippen LogP contribution in [0.4, 0.5) is 0 Å². The molecule has 2 atom stereocenters. The Kier molecular flexibility index (Phi) is 5.16. The Bertz CT molecular complexity index is 661. The van der Waals surface area contributed by atoms with Crippen LogP contribution in [-0.2, 0) is 17.8 Å². The zero-order valence-corrected chi connectivity index (χ0v) is 13.9. The maximum absolute atomic E-state index is 13.1. The quantitative estimate of drug-likeness (QED) is 0.888. The Morgan fingerprint density at radius 3 is 2.62 bits per heavy atom. The fourth-order valence-electron chi connectivity index (χ4n) is 3.08. The van der Waals surface area contributed by atoms with E-state index in [2.05, 4.69) is 0 Å². The van der Waals surface area contributed by atoms with Crippen LogP contribution in [0.3, 0.4) is 0 Å². The number of benzene rings is 2. The highest BCUT2D eigenvalue weighted by Crippen LogP contribution is 2.29. The highest BCUT2D eigenvalue weighted by Gasteiger charge is 2.34. The Morgan fingerprint density at radius 1 is 1.21 bits per heavy atom. The van der Waals surface area contributed by atoms with Gasteiger partial charge in [0.25, 0.3) is 5.91 Å². The molecular formula is C20H23NO3. The first kappa shape index (κ1) is 16.5. The van der Waals surface area contributed by atoms with E-state index in [-0.39, 0.29) is 18.6 Å². The molecule has 0 spiro atoms. The van der Waals surface area contributed by atoms with E-state index >= 15 is 0 Å². The van der Waals surface area contributed by atoms with Crippen molar-refractivity contribution in [1.29, 1.82) is 0 Å². The third-order valence-corrected chi connectivity index (χ3v) is 4.48. The van der Waals surface area contributed by atoms with Gasteiger partial charge >= 0.3 is 0 Å². The Balaban J connectivity index is 1.76. The second-order valence-electron chi connectivity index (χ2n) is 6.23. The van der Waals surface area contributed by atoms with Crippen LogP contribution in [0.5, 0.6) is 5.75 Å². The van der Waals surface area contributed by atoms with Gasteiger partial charge in [-0.25, -0.2) is 0 Å². The third kappa shape index (κ3) is 3.60. The summed E-state index contributed by atoms with van der Waals surface area (Å²) in [6.07, 6.45) is 0.678. The molecule has 1 N–H and O–H groups in total. The molecule has 0 saturated heterocycles. The Morgan fingerprint density at radius 2 is 1.92 bits per heavy atom. The van der Waals surface area contributed by atoms with Crippen molar-refractivity contribution >= 4 is 5.91 Å². The molecule has 0 bridgehead atoms. The first-order valence-electron chi connectivity index (χ1n) is 8.39. The van der Waals surface area contributed by atoms with Crippen molar-refractivity contribution in [3.63, 3.8) is 0 Å². The van der Waals surface area contributed by atoms with Gasteiger partial charge in [0, 0.05) is 25.6 Å². The summed E-state index contributed by atoms with van der Waals surface area (Å²) in [6, 6.07) is 17.7. The molecule has 2 aromatic carbocycles. The molecule has 1 aliphatic heterocycles. The first-order chi connectivity index (χ1) is 11.7. The monoisotopic (exact) mass is 325 g/mol. The molecule has 2 aromatic rings. The number of aliphatic hydroxyl groups is 1. The van der Waals surface area contributed by atoms with Crippen LogP contribution in [0, 0.1) is 0 Å². The number of fused-ring (bicyclic) bond motifs is 1. The lowest BCUT2D eigenvalue weighted by molar-refractivity contribution is -0.141. The summed E-state index contributed by atoms with van der Waals surface area (Å²) >= 11 is 0. The molecule has 0 radical (unpaired) electrons. The average Bonchev–Trinajstić information content (AvgIpc) is 3.04. The minimum atomic E-state index is -0.479. The van der Waals surface area contributed by atoms with Gasteiger partial charge in [-0.15, -0.1) is 0 Å². The van der Waals surface area contributed by atoms with Gasteiger partial charge in [0.2, 0.25) is 0 Å². The van der Waals surface area contributed by atoms with Crippen LogP contribution in [0.1, 0.15) is 24.5 Å². The smallest absolute Gasteiger partial charge is 0.264 e. The van der Waals surface area contributed by atoms with E-state index in [1.165, 1.54) is 0 Å². The van der Waals surface area contributed by atoms with Crippen molar-refractivity contribution in [1.82, 2.24) is 4.90 Å². The van der Waals surface area contributed by atoms with Crippen LogP contribution in [0.25, 0.3) is 0 Å².